The van der Waals surface area contributed by atoms with E-state index < -0.39 is 0 Å². The van der Waals surface area contributed by atoms with Crippen LogP contribution in [0.4, 0.5) is 4.79 Å². The van der Waals surface area contributed by atoms with Crippen LogP contribution in [0.15, 0.2) is 0 Å². The third-order valence-corrected chi connectivity index (χ3v) is 2.13. The first-order chi connectivity index (χ1) is 5.31. The molecule has 2 aliphatic rings. The predicted octanol–water partition coefficient (Wildman–Crippen LogP) is 1.68. The van der Waals surface area contributed by atoms with E-state index in [2.05, 4.69) is 5.32 Å². The van der Waals surface area contributed by atoms with E-state index in [-0.39, 0.29) is 11.7 Å². The maximum atomic E-state index is 10.5. The summed E-state index contributed by atoms with van der Waals surface area (Å²) < 4.78 is 5.03. The highest BCUT2D eigenvalue weighted by molar-refractivity contribution is 5.70. The molecule has 2 rings (SSSR count). The highest BCUT2D eigenvalue weighted by Crippen LogP contribution is 2.37. The van der Waals surface area contributed by atoms with Crippen molar-refractivity contribution in [2.45, 2.75) is 38.7 Å². The van der Waals surface area contributed by atoms with E-state index >= 15 is 0 Å². The zero-order valence-corrected chi connectivity index (χ0v) is 7.14. The van der Waals surface area contributed by atoms with Gasteiger partial charge in [-0.15, -0.1) is 0 Å². The summed E-state index contributed by atoms with van der Waals surface area (Å²) in [5, 5.41) is 2.65. The largest absolute Gasteiger partial charge is 0.441 e. The average Bonchev–Trinajstić information content (AvgIpc) is 2.35. The van der Waals surface area contributed by atoms with Gasteiger partial charge < -0.3 is 10.1 Å². The molecule has 0 unspecified atom stereocenters. The zero-order valence-electron chi connectivity index (χ0n) is 7.14. The molecule has 0 radical (unpaired) electrons. The van der Waals surface area contributed by atoms with Crippen LogP contribution in [0.5, 0.6) is 0 Å². The van der Waals surface area contributed by atoms with Crippen molar-refractivity contribution >= 4 is 6.09 Å². The van der Waals surface area contributed by atoms with Gasteiger partial charge in [-0.25, -0.2) is 4.79 Å². The maximum Gasteiger partial charge on any atom is 0.407 e. The molecule has 1 saturated heterocycles. The quantitative estimate of drug-likeness (QED) is 0.581. The van der Waals surface area contributed by atoms with Crippen molar-refractivity contribution in [1.29, 1.82) is 0 Å². The fraction of sp³-hybridized carbons (Fsp3) is 0.875. The standard InChI is InChI=1S/C6H9NO2.C2H6/c8-5-7-4-6(9-5)2-1-3-6;1-2/h1-4H2,(H,7,8);1-2H3. The van der Waals surface area contributed by atoms with Crippen LogP contribution in [-0.4, -0.2) is 18.2 Å². The van der Waals surface area contributed by atoms with Crippen LogP contribution >= 0.6 is 0 Å². The second-order valence-electron chi connectivity index (χ2n) is 2.78. The number of hydrogen-bond donors (Lipinski definition) is 1. The van der Waals surface area contributed by atoms with Crippen molar-refractivity contribution in [3.05, 3.63) is 0 Å². The highest BCUT2D eigenvalue weighted by Gasteiger charge is 2.45. The van der Waals surface area contributed by atoms with Crippen LogP contribution < -0.4 is 5.32 Å². The lowest BCUT2D eigenvalue weighted by Crippen LogP contribution is -2.40. The minimum absolute atomic E-state index is 0.0723. The van der Waals surface area contributed by atoms with E-state index in [1.54, 1.807) is 0 Å². The van der Waals surface area contributed by atoms with Gasteiger partial charge in [0.25, 0.3) is 0 Å². The zero-order chi connectivity index (χ0) is 8.32. The van der Waals surface area contributed by atoms with Gasteiger partial charge in [0.2, 0.25) is 0 Å². The molecule has 3 nitrogen and oxygen atoms in total. The molecule has 1 N–H and O–H groups in total. The summed E-state index contributed by atoms with van der Waals surface area (Å²) in [6, 6.07) is 0. The summed E-state index contributed by atoms with van der Waals surface area (Å²) in [4.78, 5) is 10.5. The van der Waals surface area contributed by atoms with Crippen molar-refractivity contribution in [1.82, 2.24) is 5.32 Å². The van der Waals surface area contributed by atoms with Gasteiger partial charge in [-0.1, -0.05) is 13.8 Å². The minimum atomic E-state index is -0.241. The first kappa shape index (κ1) is 8.37. The predicted molar refractivity (Wildman–Crippen MR) is 42.4 cm³/mol. The third kappa shape index (κ3) is 1.47. The minimum Gasteiger partial charge on any atom is -0.441 e. The average molecular weight is 157 g/mol. The number of carbonyl (C=O) groups excluding carboxylic acids is 1. The van der Waals surface area contributed by atoms with Gasteiger partial charge in [0.05, 0.1) is 6.54 Å². The summed E-state index contributed by atoms with van der Waals surface area (Å²) >= 11 is 0. The Morgan fingerprint density at radius 2 is 2.09 bits per heavy atom. The molecule has 1 aliphatic carbocycles. The number of hydrogen-bond acceptors (Lipinski definition) is 2. The van der Waals surface area contributed by atoms with E-state index in [4.69, 9.17) is 4.74 Å². The molecule has 2 fully saturated rings. The number of nitrogens with one attached hydrogen (secondary N) is 1. The second kappa shape index (κ2) is 3.11. The summed E-state index contributed by atoms with van der Waals surface area (Å²) in [6.07, 6.45) is 3.06. The van der Waals surface area contributed by atoms with Gasteiger partial charge >= 0.3 is 6.09 Å². The smallest absolute Gasteiger partial charge is 0.407 e. The van der Waals surface area contributed by atoms with Crippen molar-refractivity contribution < 1.29 is 9.53 Å². The maximum absolute atomic E-state index is 10.5. The molecule has 64 valence electrons. The Morgan fingerprint density at radius 1 is 1.45 bits per heavy atom. The molecule has 3 heteroatoms. The Labute approximate surface area is 67.1 Å². The monoisotopic (exact) mass is 157 g/mol. The Kier molecular flexibility index (Phi) is 2.37. The van der Waals surface area contributed by atoms with Gasteiger partial charge in [0.15, 0.2) is 0 Å². The van der Waals surface area contributed by atoms with Crippen molar-refractivity contribution in [2.75, 3.05) is 6.54 Å². The molecular weight excluding hydrogens is 142 g/mol. The Morgan fingerprint density at radius 3 is 2.27 bits per heavy atom. The number of rotatable bonds is 0. The Hall–Kier alpha value is -0.730. The molecule has 0 aromatic carbocycles. The van der Waals surface area contributed by atoms with E-state index in [0.29, 0.717) is 0 Å². The molecule has 1 spiro atoms. The fourth-order valence-electron chi connectivity index (χ4n) is 1.35. The van der Waals surface area contributed by atoms with Gasteiger partial charge in [-0.05, 0) is 19.3 Å². The van der Waals surface area contributed by atoms with Crippen LogP contribution in [0.1, 0.15) is 33.1 Å². The number of amides is 1. The molecule has 0 atom stereocenters. The molecule has 0 aromatic rings. The van der Waals surface area contributed by atoms with Crippen LogP contribution in [0.3, 0.4) is 0 Å². The fourth-order valence-corrected chi connectivity index (χ4v) is 1.35. The van der Waals surface area contributed by atoms with Gasteiger partial charge in [-0.3, -0.25) is 0 Å². The first-order valence-corrected chi connectivity index (χ1v) is 4.28. The van der Waals surface area contributed by atoms with E-state index in [1.807, 2.05) is 13.8 Å². The topological polar surface area (TPSA) is 38.3 Å². The van der Waals surface area contributed by atoms with Crippen molar-refractivity contribution in [3.63, 3.8) is 0 Å². The van der Waals surface area contributed by atoms with Gasteiger partial charge in [-0.2, -0.15) is 0 Å². The first-order valence-electron chi connectivity index (χ1n) is 4.28. The summed E-state index contributed by atoms with van der Waals surface area (Å²) in [7, 11) is 0. The molecule has 11 heavy (non-hydrogen) atoms. The second-order valence-corrected chi connectivity index (χ2v) is 2.78. The SMILES string of the molecule is CC.O=C1NCC2(CCC2)O1. The van der Waals surface area contributed by atoms with Crippen molar-refractivity contribution in [3.8, 4) is 0 Å². The van der Waals surface area contributed by atoms with E-state index in [0.717, 1.165) is 19.4 Å². The van der Waals surface area contributed by atoms with Gasteiger partial charge in [0, 0.05) is 0 Å². The molecular formula is C8H15NO2. The Bertz CT molecular complexity index is 152. The van der Waals surface area contributed by atoms with Crippen LogP contribution in [0, 0.1) is 0 Å². The van der Waals surface area contributed by atoms with E-state index in [9.17, 15) is 4.79 Å². The lowest BCUT2D eigenvalue weighted by molar-refractivity contribution is -0.00656. The molecule has 1 heterocycles. The molecule has 0 aromatic heterocycles. The number of alkyl carbamates (subject to hydrolysis) is 1. The highest BCUT2D eigenvalue weighted by atomic mass is 16.6. The Balaban J connectivity index is 0.000000281. The number of ether oxygens (including phenoxy) is 1. The number of carbonyl (C=O) groups is 1. The third-order valence-electron chi connectivity index (χ3n) is 2.13. The molecule has 1 aliphatic heterocycles. The summed E-state index contributed by atoms with van der Waals surface area (Å²) in [5.74, 6) is 0. The summed E-state index contributed by atoms with van der Waals surface area (Å²) in [6.45, 7) is 4.73. The van der Waals surface area contributed by atoms with Gasteiger partial charge in [0.1, 0.15) is 5.60 Å². The van der Waals surface area contributed by atoms with Crippen molar-refractivity contribution in [2.24, 2.45) is 0 Å². The molecule has 1 saturated carbocycles. The van der Waals surface area contributed by atoms with Crippen LogP contribution in [-0.2, 0) is 4.74 Å². The lowest BCUT2D eigenvalue weighted by Gasteiger charge is -2.34. The van der Waals surface area contributed by atoms with Crippen LogP contribution in [0.25, 0.3) is 0 Å². The molecule has 1 amide bonds. The van der Waals surface area contributed by atoms with Crippen LogP contribution in [0.2, 0.25) is 0 Å². The lowest BCUT2D eigenvalue weighted by atomic mass is 9.81. The summed E-state index contributed by atoms with van der Waals surface area (Å²) in [5.41, 5.74) is -0.0723. The van der Waals surface area contributed by atoms with E-state index in [1.165, 1.54) is 6.42 Å². The molecule has 0 bridgehead atoms. The normalized spacial score (nSPS) is 24.4.